The first-order chi connectivity index (χ1) is 9.13. The highest BCUT2D eigenvalue weighted by Crippen LogP contribution is 2.26. The number of aryl methyl sites for hydroxylation is 1. The van der Waals surface area contributed by atoms with E-state index >= 15 is 0 Å². The summed E-state index contributed by atoms with van der Waals surface area (Å²) >= 11 is 1.32. The third-order valence-electron chi connectivity index (χ3n) is 2.42. The van der Waals surface area contributed by atoms with Gasteiger partial charge in [0.25, 0.3) is 5.91 Å². The van der Waals surface area contributed by atoms with Crippen molar-refractivity contribution in [3.63, 3.8) is 0 Å². The number of benzene rings is 1. The minimum atomic E-state index is -0.242. The molecule has 1 aromatic heterocycles. The van der Waals surface area contributed by atoms with Gasteiger partial charge in [-0.15, -0.1) is 11.3 Å². The summed E-state index contributed by atoms with van der Waals surface area (Å²) in [5.41, 5.74) is 1.00. The molecule has 1 amide bonds. The van der Waals surface area contributed by atoms with E-state index in [1.807, 2.05) is 13.0 Å². The zero-order chi connectivity index (χ0) is 13.8. The summed E-state index contributed by atoms with van der Waals surface area (Å²) in [7, 11) is 1.49. The summed E-state index contributed by atoms with van der Waals surface area (Å²) < 4.78 is 5.15. The monoisotopic (exact) mass is 273 g/mol. The van der Waals surface area contributed by atoms with Gasteiger partial charge in [0.15, 0.2) is 0 Å². The molecule has 0 saturated heterocycles. The van der Waals surface area contributed by atoms with Crippen molar-refractivity contribution in [3.05, 3.63) is 39.8 Å². The predicted octanol–water partition coefficient (Wildman–Crippen LogP) is 2.58. The number of nitriles is 1. The van der Waals surface area contributed by atoms with E-state index in [1.54, 1.807) is 18.2 Å². The van der Waals surface area contributed by atoms with Gasteiger partial charge < -0.3 is 10.1 Å². The Morgan fingerprint density at radius 2 is 2.32 bits per heavy atom. The van der Waals surface area contributed by atoms with Crippen molar-refractivity contribution in [1.82, 2.24) is 4.98 Å². The van der Waals surface area contributed by atoms with Crippen LogP contribution in [0.4, 0.5) is 5.69 Å². The summed E-state index contributed by atoms with van der Waals surface area (Å²) in [5.74, 6) is 0.210. The molecule has 0 bridgehead atoms. The molecule has 0 aliphatic heterocycles. The van der Waals surface area contributed by atoms with Gasteiger partial charge in [0.2, 0.25) is 0 Å². The van der Waals surface area contributed by atoms with Crippen molar-refractivity contribution in [2.75, 3.05) is 12.4 Å². The fourth-order valence-electron chi connectivity index (χ4n) is 1.51. The Kier molecular flexibility index (Phi) is 3.78. The average Bonchev–Trinajstić information content (AvgIpc) is 2.86. The Labute approximate surface area is 114 Å². The predicted molar refractivity (Wildman–Crippen MR) is 72.5 cm³/mol. The van der Waals surface area contributed by atoms with Crippen LogP contribution in [0.25, 0.3) is 0 Å². The maximum Gasteiger partial charge on any atom is 0.267 e. The minimum Gasteiger partial charge on any atom is -0.495 e. The molecular weight excluding hydrogens is 262 g/mol. The van der Waals surface area contributed by atoms with Gasteiger partial charge in [-0.3, -0.25) is 4.79 Å². The van der Waals surface area contributed by atoms with E-state index in [0.717, 1.165) is 5.01 Å². The number of methoxy groups -OCH3 is 1. The number of amides is 1. The van der Waals surface area contributed by atoms with Crippen LogP contribution in [-0.4, -0.2) is 18.0 Å². The van der Waals surface area contributed by atoms with E-state index in [9.17, 15) is 4.79 Å². The minimum absolute atomic E-state index is 0.242. The molecule has 0 aliphatic rings. The highest BCUT2D eigenvalue weighted by molar-refractivity contribution is 7.13. The third-order valence-corrected chi connectivity index (χ3v) is 3.34. The molecular formula is C13H11N3O2S. The quantitative estimate of drug-likeness (QED) is 0.932. The Morgan fingerprint density at radius 1 is 1.53 bits per heavy atom. The van der Waals surface area contributed by atoms with Crippen molar-refractivity contribution in [1.29, 1.82) is 5.26 Å². The van der Waals surface area contributed by atoms with Crippen molar-refractivity contribution >= 4 is 22.9 Å². The summed E-state index contributed by atoms with van der Waals surface area (Å²) in [5, 5.41) is 12.4. The molecule has 0 spiro atoms. The van der Waals surface area contributed by atoms with Crippen molar-refractivity contribution in [2.45, 2.75) is 6.92 Å². The highest BCUT2D eigenvalue weighted by Gasteiger charge is 2.12. The summed E-state index contributed by atoms with van der Waals surface area (Å²) in [6, 6.07) is 6.86. The van der Waals surface area contributed by atoms with E-state index in [0.29, 0.717) is 21.9 Å². The molecule has 0 fully saturated rings. The maximum atomic E-state index is 12.0. The summed E-state index contributed by atoms with van der Waals surface area (Å²) in [6.07, 6.45) is 1.53. The second-order valence-electron chi connectivity index (χ2n) is 3.72. The van der Waals surface area contributed by atoms with Gasteiger partial charge in [-0.05, 0) is 19.1 Å². The van der Waals surface area contributed by atoms with Gasteiger partial charge >= 0.3 is 0 Å². The standard InChI is InChI=1S/C13H11N3O2S/c1-8-15-7-12(19-8)13(17)16-10-4-3-9(6-14)5-11(10)18-2/h3-5,7H,1-2H3,(H,16,17). The Bertz CT molecular complexity index is 658. The average molecular weight is 273 g/mol. The van der Waals surface area contributed by atoms with Crippen LogP contribution < -0.4 is 10.1 Å². The van der Waals surface area contributed by atoms with Crippen LogP contribution >= 0.6 is 11.3 Å². The molecule has 5 nitrogen and oxygen atoms in total. The number of ether oxygens (including phenoxy) is 1. The summed E-state index contributed by atoms with van der Waals surface area (Å²) in [6.45, 7) is 1.84. The number of aromatic nitrogens is 1. The second kappa shape index (κ2) is 5.50. The molecule has 2 aromatic rings. The fraction of sp³-hybridized carbons (Fsp3) is 0.154. The molecule has 0 saturated carbocycles. The lowest BCUT2D eigenvalue weighted by atomic mass is 10.2. The van der Waals surface area contributed by atoms with Crippen LogP contribution in [0.5, 0.6) is 5.75 Å². The van der Waals surface area contributed by atoms with Crippen LogP contribution in [0.1, 0.15) is 20.2 Å². The fourth-order valence-corrected chi connectivity index (χ4v) is 2.19. The SMILES string of the molecule is COc1cc(C#N)ccc1NC(=O)c1cnc(C)s1. The van der Waals surface area contributed by atoms with Crippen LogP contribution in [0.3, 0.4) is 0 Å². The number of anilines is 1. The van der Waals surface area contributed by atoms with Gasteiger partial charge in [-0.1, -0.05) is 0 Å². The second-order valence-corrected chi connectivity index (χ2v) is 4.96. The third kappa shape index (κ3) is 2.89. The smallest absolute Gasteiger partial charge is 0.267 e. The number of rotatable bonds is 3. The van der Waals surface area contributed by atoms with Crippen LogP contribution in [0.2, 0.25) is 0 Å². The number of carbonyl (C=O) groups is 1. The molecule has 0 aliphatic carbocycles. The zero-order valence-corrected chi connectivity index (χ0v) is 11.2. The van der Waals surface area contributed by atoms with E-state index in [-0.39, 0.29) is 5.91 Å². The molecule has 1 heterocycles. The molecule has 96 valence electrons. The normalized spacial score (nSPS) is 9.74. The molecule has 0 unspecified atom stereocenters. The first kappa shape index (κ1) is 13.1. The molecule has 2 rings (SSSR count). The molecule has 1 aromatic carbocycles. The first-order valence-electron chi connectivity index (χ1n) is 5.46. The zero-order valence-electron chi connectivity index (χ0n) is 10.4. The van der Waals surface area contributed by atoms with Crippen LogP contribution in [0, 0.1) is 18.3 Å². The number of nitrogens with zero attached hydrogens (tertiary/aromatic N) is 2. The lowest BCUT2D eigenvalue weighted by Crippen LogP contribution is -2.11. The molecule has 0 atom stereocenters. The Hall–Kier alpha value is -2.39. The summed E-state index contributed by atoms with van der Waals surface area (Å²) in [4.78, 5) is 16.6. The van der Waals surface area contributed by atoms with Crippen molar-refractivity contribution < 1.29 is 9.53 Å². The molecule has 0 radical (unpaired) electrons. The number of carbonyl (C=O) groups excluding carboxylic acids is 1. The number of thiazole rings is 1. The van der Waals surface area contributed by atoms with Crippen molar-refractivity contribution in [3.8, 4) is 11.8 Å². The van der Waals surface area contributed by atoms with E-state index in [2.05, 4.69) is 10.3 Å². The topological polar surface area (TPSA) is 75.0 Å². The van der Waals surface area contributed by atoms with E-state index in [1.165, 1.54) is 24.6 Å². The number of nitrogens with one attached hydrogen (secondary N) is 1. The highest BCUT2D eigenvalue weighted by atomic mass is 32.1. The first-order valence-corrected chi connectivity index (χ1v) is 6.27. The molecule has 1 N–H and O–H groups in total. The van der Waals surface area contributed by atoms with E-state index < -0.39 is 0 Å². The van der Waals surface area contributed by atoms with Crippen LogP contribution in [0.15, 0.2) is 24.4 Å². The largest absolute Gasteiger partial charge is 0.495 e. The van der Waals surface area contributed by atoms with Crippen molar-refractivity contribution in [2.24, 2.45) is 0 Å². The van der Waals surface area contributed by atoms with Gasteiger partial charge in [-0.2, -0.15) is 5.26 Å². The lowest BCUT2D eigenvalue weighted by molar-refractivity contribution is 0.103. The Balaban J connectivity index is 2.24. The van der Waals surface area contributed by atoms with Gasteiger partial charge in [0.1, 0.15) is 10.6 Å². The Morgan fingerprint density at radius 3 is 2.89 bits per heavy atom. The number of hydrogen-bond acceptors (Lipinski definition) is 5. The number of hydrogen-bond donors (Lipinski definition) is 1. The molecule has 6 heteroatoms. The van der Waals surface area contributed by atoms with Crippen LogP contribution in [-0.2, 0) is 0 Å². The molecule has 19 heavy (non-hydrogen) atoms. The van der Waals surface area contributed by atoms with Gasteiger partial charge in [0.05, 0.1) is 35.6 Å². The maximum absolute atomic E-state index is 12.0. The van der Waals surface area contributed by atoms with Gasteiger partial charge in [-0.25, -0.2) is 4.98 Å². The lowest BCUT2D eigenvalue weighted by Gasteiger charge is -2.09. The van der Waals surface area contributed by atoms with E-state index in [4.69, 9.17) is 10.00 Å². The van der Waals surface area contributed by atoms with Gasteiger partial charge in [0, 0.05) is 6.07 Å².